The maximum Gasteiger partial charge on any atom is 0.246 e. The lowest BCUT2D eigenvalue weighted by molar-refractivity contribution is 0.278. The third kappa shape index (κ3) is 3.34. The van der Waals surface area contributed by atoms with Crippen LogP contribution in [0.5, 0.6) is 0 Å². The first-order chi connectivity index (χ1) is 10.7. The molecule has 7 nitrogen and oxygen atoms in total. The molecule has 2 aromatic heterocycles. The van der Waals surface area contributed by atoms with E-state index >= 15 is 0 Å². The van der Waals surface area contributed by atoms with Gasteiger partial charge < -0.3 is 0 Å². The minimum atomic E-state index is -3.44. The highest BCUT2D eigenvalue weighted by molar-refractivity contribution is 7.89. The van der Waals surface area contributed by atoms with Crippen LogP contribution in [0.15, 0.2) is 41.8 Å². The van der Waals surface area contributed by atoms with Crippen LogP contribution in [0.25, 0.3) is 0 Å². The van der Waals surface area contributed by atoms with E-state index in [1.54, 1.807) is 10.5 Å². The largest absolute Gasteiger partial charge is 0.298 e. The highest BCUT2D eigenvalue weighted by atomic mass is 32.2. The van der Waals surface area contributed by atoms with Crippen LogP contribution in [0.2, 0.25) is 0 Å². The van der Waals surface area contributed by atoms with Crippen molar-refractivity contribution in [1.82, 2.24) is 24.4 Å². The molecule has 2 aromatic rings. The van der Waals surface area contributed by atoms with E-state index in [2.05, 4.69) is 20.1 Å². The van der Waals surface area contributed by atoms with E-state index in [4.69, 9.17) is 0 Å². The number of rotatable bonds is 4. The number of H-pyrrole nitrogens is 1. The third-order valence-corrected chi connectivity index (χ3v) is 5.65. The summed E-state index contributed by atoms with van der Waals surface area (Å²) in [4.78, 5) is 6.61. The summed E-state index contributed by atoms with van der Waals surface area (Å²) in [5.74, 6) is 0. The number of nitrogens with zero attached hydrogens (tertiary/aromatic N) is 4. The quantitative estimate of drug-likeness (QED) is 0.896. The fourth-order valence-corrected chi connectivity index (χ4v) is 4.00. The molecule has 1 aliphatic heterocycles. The predicted octanol–water partition coefficient (Wildman–Crippen LogP) is 0.701. The number of aromatic amines is 1. The molecule has 0 bridgehead atoms. The summed E-state index contributed by atoms with van der Waals surface area (Å²) in [6.07, 6.45) is 7.20. The molecule has 1 N–H and O–H groups in total. The van der Waals surface area contributed by atoms with Crippen LogP contribution >= 0.6 is 0 Å². The van der Waals surface area contributed by atoms with Crippen LogP contribution < -0.4 is 0 Å². The van der Waals surface area contributed by atoms with Crippen molar-refractivity contribution in [1.29, 1.82) is 0 Å². The van der Waals surface area contributed by atoms with Crippen LogP contribution in [-0.2, 0) is 16.6 Å². The van der Waals surface area contributed by atoms with Gasteiger partial charge in [0.1, 0.15) is 4.90 Å². The van der Waals surface area contributed by atoms with Crippen LogP contribution in [0.3, 0.4) is 0 Å². The summed E-state index contributed by atoms with van der Waals surface area (Å²) in [6, 6.07) is 3.96. The lowest BCUT2D eigenvalue weighted by atomic mass is 10.2. The minimum absolute atomic E-state index is 0.230. The Kier molecular flexibility index (Phi) is 4.51. The second kappa shape index (κ2) is 6.55. The standard InChI is InChI=1S/C14H19N5O2S/c20-22(21,14-10-16-17-11-14)19-6-2-5-18(7-8-19)12-13-3-1-4-15-9-13/h1,3-4,9-11H,2,5-8,12H2,(H,16,17). The lowest BCUT2D eigenvalue weighted by Gasteiger charge is -2.21. The van der Waals surface area contributed by atoms with Crippen molar-refractivity contribution in [3.63, 3.8) is 0 Å². The third-order valence-electron chi connectivity index (χ3n) is 3.79. The molecule has 0 aromatic carbocycles. The minimum Gasteiger partial charge on any atom is -0.298 e. The fourth-order valence-electron chi connectivity index (χ4n) is 2.62. The van der Waals surface area contributed by atoms with E-state index in [0.717, 1.165) is 25.1 Å². The van der Waals surface area contributed by atoms with Gasteiger partial charge in [-0.05, 0) is 24.6 Å². The van der Waals surface area contributed by atoms with Crippen LogP contribution in [0.1, 0.15) is 12.0 Å². The topological polar surface area (TPSA) is 82.2 Å². The Morgan fingerprint density at radius 1 is 1.18 bits per heavy atom. The first kappa shape index (κ1) is 15.1. The average molecular weight is 321 g/mol. The number of hydrogen-bond acceptors (Lipinski definition) is 5. The molecule has 3 heterocycles. The Balaban J connectivity index is 1.65. The van der Waals surface area contributed by atoms with E-state index in [9.17, 15) is 8.42 Å². The van der Waals surface area contributed by atoms with E-state index in [1.165, 1.54) is 12.4 Å². The number of hydrogen-bond donors (Lipinski definition) is 1. The van der Waals surface area contributed by atoms with Crippen molar-refractivity contribution in [2.75, 3.05) is 26.2 Å². The maximum absolute atomic E-state index is 12.5. The molecular weight excluding hydrogens is 302 g/mol. The Morgan fingerprint density at radius 2 is 2.09 bits per heavy atom. The van der Waals surface area contributed by atoms with Crippen LogP contribution in [-0.4, -0.2) is 59.0 Å². The summed E-state index contributed by atoms with van der Waals surface area (Å²) in [7, 11) is -3.44. The highest BCUT2D eigenvalue weighted by Gasteiger charge is 2.27. The molecule has 0 saturated carbocycles. The number of aromatic nitrogens is 3. The molecule has 22 heavy (non-hydrogen) atoms. The molecule has 0 radical (unpaired) electrons. The molecular formula is C14H19N5O2S. The normalized spacial score (nSPS) is 18.2. The van der Waals surface area contributed by atoms with Gasteiger partial charge in [0.15, 0.2) is 0 Å². The zero-order chi connectivity index (χ0) is 15.4. The first-order valence-corrected chi connectivity index (χ1v) is 8.70. The summed E-state index contributed by atoms with van der Waals surface area (Å²) in [5, 5.41) is 6.29. The van der Waals surface area contributed by atoms with Gasteiger partial charge in [-0.3, -0.25) is 15.0 Å². The van der Waals surface area contributed by atoms with Gasteiger partial charge in [-0.15, -0.1) is 0 Å². The zero-order valence-electron chi connectivity index (χ0n) is 12.2. The Morgan fingerprint density at radius 3 is 2.82 bits per heavy atom. The molecule has 8 heteroatoms. The van der Waals surface area contributed by atoms with Gasteiger partial charge in [0.2, 0.25) is 10.0 Å². The van der Waals surface area contributed by atoms with Crippen molar-refractivity contribution in [3.05, 3.63) is 42.5 Å². The Bertz CT molecular complexity index is 687. The molecule has 1 fully saturated rings. The molecule has 0 spiro atoms. The van der Waals surface area contributed by atoms with E-state index in [-0.39, 0.29) is 4.90 Å². The Hall–Kier alpha value is -1.77. The first-order valence-electron chi connectivity index (χ1n) is 7.26. The molecule has 118 valence electrons. The molecule has 0 unspecified atom stereocenters. The van der Waals surface area contributed by atoms with Gasteiger partial charge in [-0.1, -0.05) is 6.07 Å². The fraction of sp³-hybridized carbons (Fsp3) is 0.429. The van der Waals surface area contributed by atoms with Crippen molar-refractivity contribution >= 4 is 10.0 Å². The van der Waals surface area contributed by atoms with E-state index < -0.39 is 10.0 Å². The van der Waals surface area contributed by atoms with Crippen molar-refractivity contribution in [2.24, 2.45) is 0 Å². The Labute approximate surface area is 130 Å². The maximum atomic E-state index is 12.5. The van der Waals surface area contributed by atoms with Gasteiger partial charge in [0, 0.05) is 44.8 Å². The van der Waals surface area contributed by atoms with Gasteiger partial charge >= 0.3 is 0 Å². The molecule has 0 aliphatic carbocycles. The van der Waals surface area contributed by atoms with E-state index in [0.29, 0.717) is 19.6 Å². The zero-order valence-corrected chi connectivity index (χ0v) is 13.0. The predicted molar refractivity (Wildman–Crippen MR) is 81.5 cm³/mol. The van der Waals surface area contributed by atoms with Gasteiger partial charge in [0.25, 0.3) is 0 Å². The second-order valence-corrected chi connectivity index (χ2v) is 7.27. The smallest absolute Gasteiger partial charge is 0.246 e. The second-order valence-electron chi connectivity index (χ2n) is 5.33. The van der Waals surface area contributed by atoms with Gasteiger partial charge in [-0.25, -0.2) is 8.42 Å². The van der Waals surface area contributed by atoms with Crippen molar-refractivity contribution in [3.8, 4) is 0 Å². The van der Waals surface area contributed by atoms with Crippen LogP contribution in [0.4, 0.5) is 0 Å². The summed E-state index contributed by atoms with van der Waals surface area (Å²) < 4.78 is 26.5. The number of nitrogens with one attached hydrogen (secondary N) is 1. The monoisotopic (exact) mass is 321 g/mol. The molecule has 0 atom stereocenters. The number of pyridine rings is 1. The van der Waals surface area contributed by atoms with Gasteiger partial charge in [0.05, 0.1) is 6.20 Å². The average Bonchev–Trinajstić information content (AvgIpc) is 2.97. The molecule has 1 saturated heterocycles. The van der Waals surface area contributed by atoms with Crippen molar-refractivity contribution < 1.29 is 8.42 Å². The molecule has 0 amide bonds. The SMILES string of the molecule is O=S(=O)(c1cn[nH]c1)N1CCCN(Cc2cccnc2)CC1. The number of sulfonamides is 1. The summed E-state index contributed by atoms with van der Waals surface area (Å²) in [6.45, 7) is 3.43. The molecule has 3 rings (SSSR count). The van der Waals surface area contributed by atoms with Crippen LogP contribution in [0, 0.1) is 0 Å². The highest BCUT2D eigenvalue weighted by Crippen LogP contribution is 2.17. The lowest BCUT2D eigenvalue weighted by Crippen LogP contribution is -2.35. The summed E-state index contributed by atoms with van der Waals surface area (Å²) in [5.41, 5.74) is 1.15. The van der Waals surface area contributed by atoms with Crippen molar-refractivity contribution in [2.45, 2.75) is 17.9 Å². The van der Waals surface area contributed by atoms with Gasteiger partial charge in [-0.2, -0.15) is 9.40 Å². The summed E-state index contributed by atoms with van der Waals surface area (Å²) >= 11 is 0. The molecule has 1 aliphatic rings. The van der Waals surface area contributed by atoms with E-state index in [1.807, 2.05) is 18.3 Å².